The predicted octanol–water partition coefficient (Wildman–Crippen LogP) is 4.14. The highest BCUT2D eigenvalue weighted by molar-refractivity contribution is 6.05. The molecule has 1 aliphatic carbocycles. The number of piperidine rings is 1. The average molecular weight is 558 g/mol. The molecule has 3 heterocycles. The Morgan fingerprint density at radius 2 is 1.62 bits per heavy atom. The van der Waals surface area contributed by atoms with Gasteiger partial charge in [0.25, 0.3) is 5.91 Å². The second-order valence-corrected chi connectivity index (χ2v) is 11.0. The monoisotopic (exact) mass is 557 g/mol. The maximum Gasteiger partial charge on any atom is 0.573 e. The molecule has 1 unspecified atom stereocenters. The number of halogens is 3. The van der Waals surface area contributed by atoms with Gasteiger partial charge in [0, 0.05) is 43.6 Å². The van der Waals surface area contributed by atoms with Gasteiger partial charge in [-0.25, -0.2) is 0 Å². The number of nitrogens with zero attached hydrogens (tertiary/aromatic N) is 2. The third-order valence-corrected chi connectivity index (χ3v) is 8.41. The molecule has 212 valence electrons. The van der Waals surface area contributed by atoms with Crippen LogP contribution in [0, 0.1) is 0 Å². The molecule has 3 fully saturated rings. The first-order valence-electron chi connectivity index (χ1n) is 13.7. The van der Waals surface area contributed by atoms with Gasteiger partial charge >= 0.3 is 6.36 Å². The maximum atomic E-state index is 13.0. The Balaban J connectivity index is 1.08. The van der Waals surface area contributed by atoms with Crippen molar-refractivity contribution in [2.24, 2.45) is 0 Å². The molecule has 0 radical (unpaired) electrons. The van der Waals surface area contributed by atoms with E-state index in [4.69, 9.17) is 4.74 Å². The number of carbonyl (C=O) groups is 3. The number of rotatable bonds is 6. The molecule has 3 aliphatic heterocycles. The molecule has 11 heteroatoms. The van der Waals surface area contributed by atoms with Gasteiger partial charge in [0.1, 0.15) is 23.6 Å². The van der Waals surface area contributed by atoms with Crippen LogP contribution in [0.3, 0.4) is 0 Å². The topological polar surface area (TPSA) is 88.2 Å². The van der Waals surface area contributed by atoms with E-state index in [0.29, 0.717) is 24.3 Å². The third-order valence-electron chi connectivity index (χ3n) is 8.41. The van der Waals surface area contributed by atoms with E-state index in [-0.39, 0.29) is 42.0 Å². The second-order valence-electron chi connectivity index (χ2n) is 11.0. The Bertz CT molecular complexity index is 1310. The minimum Gasteiger partial charge on any atom is -0.489 e. The van der Waals surface area contributed by atoms with Gasteiger partial charge in [0.15, 0.2) is 0 Å². The van der Waals surface area contributed by atoms with Crippen molar-refractivity contribution in [3.63, 3.8) is 0 Å². The molecule has 4 aliphatic rings. The van der Waals surface area contributed by atoms with Crippen LogP contribution in [0.2, 0.25) is 0 Å². The lowest BCUT2D eigenvalue weighted by atomic mass is 9.84. The molecular weight excluding hydrogens is 527 g/mol. The van der Waals surface area contributed by atoms with Crippen molar-refractivity contribution >= 4 is 17.7 Å². The van der Waals surface area contributed by atoms with Crippen molar-refractivity contribution in [3.8, 4) is 11.5 Å². The first-order valence-corrected chi connectivity index (χ1v) is 13.7. The van der Waals surface area contributed by atoms with Crippen molar-refractivity contribution in [1.29, 1.82) is 0 Å². The number of hydrogen-bond acceptors (Lipinski definition) is 6. The summed E-state index contributed by atoms with van der Waals surface area (Å²) in [5.74, 6) is -0.249. The van der Waals surface area contributed by atoms with Crippen LogP contribution in [-0.2, 0) is 16.1 Å². The normalized spacial score (nSPS) is 25.8. The zero-order chi connectivity index (χ0) is 28.0. The third kappa shape index (κ3) is 5.39. The van der Waals surface area contributed by atoms with E-state index in [1.807, 2.05) is 6.07 Å². The smallest absolute Gasteiger partial charge is 0.489 e. The molecule has 1 saturated carbocycles. The van der Waals surface area contributed by atoms with Gasteiger partial charge in [-0.15, -0.1) is 13.2 Å². The van der Waals surface area contributed by atoms with E-state index in [9.17, 15) is 27.6 Å². The van der Waals surface area contributed by atoms with Crippen LogP contribution in [0.4, 0.5) is 13.2 Å². The number of ether oxygens (including phenoxy) is 2. The van der Waals surface area contributed by atoms with Crippen molar-refractivity contribution in [1.82, 2.24) is 15.1 Å². The molecule has 2 saturated heterocycles. The Kier molecular flexibility index (Phi) is 6.93. The molecule has 3 atom stereocenters. The molecule has 40 heavy (non-hydrogen) atoms. The van der Waals surface area contributed by atoms with Crippen LogP contribution < -0.4 is 14.8 Å². The van der Waals surface area contributed by atoms with Crippen molar-refractivity contribution in [2.45, 2.75) is 75.5 Å². The first kappa shape index (κ1) is 26.6. The van der Waals surface area contributed by atoms with E-state index in [0.717, 1.165) is 49.9 Å². The van der Waals surface area contributed by atoms with Crippen LogP contribution in [0.25, 0.3) is 0 Å². The van der Waals surface area contributed by atoms with Gasteiger partial charge in [-0.3, -0.25) is 24.6 Å². The molecule has 3 amide bonds. The van der Waals surface area contributed by atoms with E-state index in [1.54, 1.807) is 24.3 Å². The highest BCUT2D eigenvalue weighted by atomic mass is 19.4. The summed E-state index contributed by atoms with van der Waals surface area (Å²) in [6.45, 7) is 1.92. The molecule has 2 aromatic rings. The zero-order valence-electron chi connectivity index (χ0n) is 21.8. The Morgan fingerprint density at radius 1 is 0.900 bits per heavy atom. The fourth-order valence-corrected chi connectivity index (χ4v) is 6.37. The molecule has 2 aromatic carbocycles. The lowest BCUT2D eigenvalue weighted by Crippen LogP contribution is -2.57. The summed E-state index contributed by atoms with van der Waals surface area (Å²) in [7, 11) is 0. The number of likely N-dealkylation sites (tertiary alicyclic amines) is 1. The quantitative estimate of drug-likeness (QED) is 0.538. The fraction of sp³-hybridized carbons (Fsp3) is 0.483. The highest BCUT2D eigenvalue weighted by Crippen LogP contribution is 2.37. The summed E-state index contributed by atoms with van der Waals surface area (Å²) in [6, 6.07) is 11.1. The lowest BCUT2D eigenvalue weighted by molar-refractivity contribution is -0.274. The van der Waals surface area contributed by atoms with Gasteiger partial charge in [-0.05, 0) is 67.1 Å². The van der Waals surface area contributed by atoms with E-state index in [2.05, 4.69) is 15.0 Å². The van der Waals surface area contributed by atoms with Crippen LogP contribution in [0.1, 0.15) is 65.9 Å². The molecule has 1 N–H and O–H groups in total. The number of amides is 3. The number of nitrogens with one attached hydrogen (secondary N) is 1. The number of alkyl halides is 3. The molecule has 0 aromatic heterocycles. The van der Waals surface area contributed by atoms with Crippen LogP contribution in [-0.4, -0.2) is 65.2 Å². The summed E-state index contributed by atoms with van der Waals surface area (Å²) in [4.78, 5) is 40.8. The van der Waals surface area contributed by atoms with Gasteiger partial charge in [-0.2, -0.15) is 0 Å². The number of hydrogen-bond donors (Lipinski definition) is 1. The lowest BCUT2D eigenvalue weighted by Gasteiger charge is -2.48. The summed E-state index contributed by atoms with van der Waals surface area (Å²) in [6.07, 6.45) is -0.107. The summed E-state index contributed by atoms with van der Waals surface area (Å²) in [5.41, 5.74) is 2.35. The largest absolute Gasteiger partial charge is 0.573 e. The summed E-state index contributed by atoms with van der Waals surface area (Å²) >= 11 is 0. The van der Waals surface area contributed by atoms with Crippen LogP contribution >= 0.6 is 0 Å². The van der Waals surface area contributed by atoms with Crippen molar-refractivity contribution in [2.75, 3.05) is 13.1 Å². The minimum atomic E-state index is -4.70. The predicted molar refractivity (Wildman–Crippen MR) is 137 cm³/mol. The average Bonchev–Trinajstić information content (AvgIpc) is 3.19. The summed E-state index contributed by atoms with van der Waals surface area (Å²) < 4.78 is 47.8. The number of carbonyl (C=O) groups excluding carboxylic acids is 3. The molecule has 0 spiro atoms. The number of benzene rings is 2. The number of fused-ring (bicyclic) bond motifs is 1. The standard InChI is InChI=1S/C29H30F3N3O5/c30-29(31,32)40-20-7-5-17(6-8-20)19-14-34(15-19)23-3-1-2-4-25(23)39-21-9-10-22-18(13-21)16-35(28(22)38)24-11-12-26(36)33-27(24)37/h5-10,13,19,23-25H,1-4,11-12,14-16H2,(H,33,36,37)/t23-,24?,25-/m0/s1. The SMILES string of the molecule is O=C1CCC(N2Cc3cc(O[C@H]4CCCC[C@@H]4N4CC(c5ccc(OC(F)(F)F)cc5)C4)ccc3C2=O)C(=O)N1. The molecular formula is C29H30F3N3O5. The highest BCUT2D eigenvalue weighted by Gasteiger charge is 2.41. The van der Waals surface area contributed by atoms with E-state index < -0.39 is 18.3 Å². The second kappa shape index (κ2) is 10.4. The van der Waals surface area contributed by atoms with Crippen molar-refractivity contribution in [3.05, 3.63) is 59.2 Å². The molecule has 8 nitrogen and oxygen atoms in total. The Hall–Kier alpha value is -3.60. The molecule has 0 bridgehead atoms. The maximum absolute atomic E-state index is 13.0. The summed E-state index contributed by atoms with van der Waals surface area (Å²) in [5, 5.41) is 2.32. The fourth-order valence-electron chi connectivity index (χ4n) is 6.37. The Labute approximate surface area is 229 Å². The molecule has 6 rings (SSSR count). The zero-order valence-corrected chi connectivity index (χ0v) is 21.8. The van der Waals surface area contributed by atoms with Gasteiger partial charge < -0.3 is 14.4 Å². The van der Waals surface area contributed by atoms with Crippen LogP contribution in [0.15, 0.2) is 42.5 Å². The van der Waals surface area contributed by atoms with Gasteiger partial charge in [0.2, 0.25) is 11.8 Å². The van der Waals surface area contributed by atoms with Crippen molar-refractivity contribution < 1.29 is 37.0 Å². The minimum absolute atomic E-state index is 0.0151. The number of imide groups is 1. The first-order chi connectivity index (χ1) is 19.1. The van der Waals surface area contributed by atoms with Gasteiger partial charge in [0.05, 0.1) is 0 Å². The van der Waals surface area contributed by atoms with Crippen LogP contribution in [0.5, 0.6) is 11.5 Å². The van der Waals surface area contributed by atoms with Gasteiger partial charge in [-0.1, -0.05) is 18.6 Å². The van der Waals surface area contributed by atoms with E-state index >= 15 is 0 Å². The Morgan fingerprint density at radius 3 is 2.35 bits per heavy atom. The van der Waals surface area contributed by atoms with E-state index in [1.165, 1.54) is 17.0 Å².